The fourth-order valence-corrected chi connectivity index (χ4v) is 1.83. The molecule has 108 valence electrons. The number of primary amides is 1. The molecule has 0 saturated heterocycles. The summed E-state index contributed by atoms with van der Waals surface area (Å²) in [5.74, 6) is -2.13. The van der Waals surface area contributed by atoms with Crippen molar-refractivity contribution in [3.8, 4) is 11.5 Å². The van der Waals surface area contributed by atoms with Crippen molar-refractivity contribution in [1.82, 2.24) is 0 Å². The molecule has 2 aromatic carbocycles. The van der Waals surface area contributed by atoms with Gasteiger partial charge in [0.1, 0.15) is 17.3 Å². The lowest BCUT2D eigenvalue weighted by Crippen LogP contribution is -2.12. The topological polar surface area (TPSA) is 89.6 Å². The molecule has 0 aliphatic heterocycles. The van der Waals surface area contributed by atoms with Crippen LogP contribution in [0.3, 0.4) is 0 Å². The molecule has 0 saturated carbocycles. The van der Waals surface area contributed by atoms with Crippen molar-refractivity contribution in [2.24, 2.45) is 5.73 Å². The highest BCUT2D eigenvalue weighted by Gasteiger charge is 2.11. The zero-order valence-corrected chi connectivity index (χ0v) is 11.1. The molecule has 0 fully saturated rings. The van der Waals surface area contributed by atoms with Gasteiger partial charge in [0.05, 0.1) is 11.1 Å². The van der Waals surface area contributed by atoms with Crippen LogP contribution in [0.1, 0.15) is 26.3 Å². The molecular formula is C15H12FNO4. The zero-order chi connectivity index (χ0) is 15.6. The molecule has 0 bridgehead atoms. The van der Waals surface area contributed by atoms with Gasteiger partial charge in [0.2, 0.25) is 0 Å². The summed E-state index contributed by atoms with van der Waals surface area (Å²) in [7, 11) is 0. The summed E-state index contributed by atoms with van der Waals surface area (Å²) in [5, 5.41) is 8.93. The number of carbonyl (C=O) groups is 2. The molecular weight excluding hydrogens is 277 g/mol. The molecule has 0 radical (unpaired) electrons. The van der Waals surface area contributed by atoms with E-state index in [1.54, 1.807) is 6.92 Å². The SMILES string of the molecule is Cc1cc(Oc2ccc(C(N)=O)c(F)c2)ccc1C(=O)O. The minimum Gasteiger partial charge on any atom is -0.478 e. The second-order valence-electron chi connectivity index (χ2n) is 4.39. The highest BCUT2D eigenvalue weighted by atomic mass is 19.1. The summed E-state index contributed by atoms with van der Waals surface area (Å²) in [4.78, 5) is 21.8. The van der Waals surface area contributed by atoms with E-state index in [-0.39, 0.29) is 16.9 Å². The van der Waals surface area contributed by atoms with Gasteiger partial charge in [-0.25, -0.2) is 9.18 Å². The first-order valence-electron chi connectivity index (χ1n) is 5.99. The number of benzene rings is 2. The number of hydrogen-bond donors (Lipinski definition) is 2. The van der Waals surface area contributed by atoms with Gasteiger partial charge in [0.25, 0.3) is 5.91 Å². The Morgan fingerprint density at radius 2 is 1.67 bits per heavy atom. The van der Waals surface area contributed by atoms with E-state index in [0.717, 1.165) is 6.07 Å². The fourth-order valence-electron chi connectivity index (χ4n) is 1.83. The minimum atomic E-state index is -1.03. The number of carbonyl (C=O) groups excluding carboxylic acids is 1. The average molecular weight is 289 g/mol. The average Bonchev–Trinajstić information content (AvgIpc) is 2.37. The molecule has 5 nitrogen and oxygen atoms in total. The molecule has 21 heavy (non-hydrogen) atoms. The molecule has 0 aliphatic carbocycles. The van der Waals surface area contributed by atoms with Gasteiger partial charge in [-0.3, -0.25) is 4.79 Å². The Hall–Kier alpha value is -2.89. The molecule has 0 spiro atoms. The summed E-state index contributed by atoms with van der Waals surface area (Å²) in [6.07, 6.45) is 0. The van der Waals surface area contributed by atoms with Gasteiger partial charge < -0.3 is 15.6 Å². The monoisotopic (exact) mass is 289 g/mol. The van der Waals surface area contributed by atoms with Crippen molar-refractivity contribution >= 4 is 11.9 Å². The van der Waals surface area contributed by atoms with Crippen LogP contribution in [0.4, 0.5) is 4.39 Å². The van der Waals surface area contributed by atoms with Crippen LogP contribution in [-0.2, 0) is 0 Å². The second kappa shape index (κ2) is 5.62. The van der Waals surface area contributed by atoms with E-state index >= 15 is 0 Å². The first-order chi connectivity index (χ1) is 9.88. The standard InChI is InChI=1S/C15H12FNO4/c1-8-6-9(2-4-11(8)15(19)20)21-10-3-5-12(14(17)18)13(16)7-10/h2-7H,1H3,(H2,17,18)(H,19,20). The molecule has 3 N–H and O–H groups in total. The molecule has 0 aromatic heterocycles. The van der Waals surface area contributed by atoms with E-state index < -0.39 is 17.7 Å². The van der Waals surface area contributed by atoms with Crippen molar-refractivity contribution in [3.05, 3.63) is 58.9 Å². The van der Waals surface area contributed by atoms with Crippen molar-refractivity contribution < 1.29 is 23.8 Å². The van der Waals surface area contributed by atoms with E-state index in [0.29, 0.717) is 11.3 Å². The Bertz CT molecular complexity index is 666. The van der Waals surface area contributed by atoms with Crippen LogP contribution >= 0.6 is 0 Å². The quantitative estimate of drug-likeness (QED) is 0.905. The number of amides is 1. The third kappa shape index (κ3) is 3.17. The van der Waals surface area contributed by atoms with Gasteiger partial charge in [0.15, 0.2) is 0 Å². The lowest BCUT2D eigenvalue weighted by molar-refractivity contribution is 0.0696. The van der Waals surface area contributed by atoms with Gasteiger partial charge >= 0.3 is 5.97 Å². The van der Waals surface area contributed by atoms with Crippen LogP contribution in [0, 0.1) is 12.7 Å². The van der Waals surface area contributed by atoms with Crippen LogP contribution in [0.25, 0.3) is 0 Å². The summed E-state index contributed by atoms with van der Waals surface area (Å²) < 4.78 is 19.0. The summed E-state index contributed by atoms with van der Waals surface area (Å²) in [6.45, 7) is 1.63. The van der Waals surface area contributed by atoms with E-state index in [2.05, 4.69) is 0 Å². The number of nitrogens with two attached hydrogens (primary N) is 1. The van der Waals surface area contributed by atoms with Gasteiger partial charge in [-0.2, -0.15) is 0 Å². The zero-order valence-electron chi connectivity index (χ0n) is 11.1. The van der Waals surface area contributed by atoms with Crippen molar-refractivity contribution in [1.29, 1.82) is 0 Å². The maximum absolute atomic E-state index is 13.6. The first kappa shape index (κ1) is 14.5. The number of halogens is 1. The summed E-state index contributed by atoms with van der Waals surface area (Å²) >= 11 is 0. The highest BCUT2D eigenvalue weighted by molar-refractivity contribution is 5.93. The smallest absolute Gasteiger partial charge is 0.335 e. The van der Waals surface area contributed by atoms with E-state index in [9.17, 15) is 14.0 Å². The molecule has 0 aliphatic rings. The Labute approximate surface area is 119 Å². The number of aryl methyl sites for hydroxylation is 1. The second-order valence-corrected chi connectivity index (χ2v) is 4.39. The van der Waals surface area contributed by atoms with Crippen LogP contribution < -0.4 is 10.5 Å². The third-order valence-electron chi connectivity index (χ3n) is 2.87. The van der Waals surface area contributed by atoms with Gasteiger partial charge in [-0.1, -0.05) is 0 Å². The predicted octanol–water partition coefficient (Wildman–Crippen LogP) is 2.72. The molecule has 6 heteroatoms. The van der Waals surface area contributed by atoms with Crippen LogP contribution in [0.5, 0.6) is 11.5 Å². The lowest BCUT2D eigenvalue weighted by atomic mass is 10.1. The first-order valence-corrected chi connectivity index (χ1v) is 5.99. The molecule has 0 heterocycles. The molecule has 2 aromatic rings. The fraction of sp³-hybridized carbons (Fsp3) is 0.0667. The van der Waals surface area contributed by atoms with Crippen molar-refractivity contribution in [2.75, 3.05) is 0 Å². The molecule has 1 amide bonds. The Kier molecular flexibility index (Phi) is 3.89. The minimum absolute atomic E-state index is 0.164. The van der Waals surface area contributed by atoms with Gasteiger partial charge in [-0.05, 0) is 42.8 Å². The highest BCUT2D eigenvalue weighted by Crippen LogP contribution is 2.25. The Morgan fingerprint density at radius 3 is 2.14 bits per heavy atom. The van der Waals surface area contributed by atoms with Gasteiger partial charge in [0, 0.05) is 6.07 Å². The summed E-state index contributed by atoms with van der Waals surface area (Å²) in [6, 6.07) is 8.08. The van der Waals surface area contributed by atoms with Gasteiger partial charge in [-0.15, -0.1) is 0 Å². The Balaban J connectivity index is 2.26. The van der Waals surface area contributed by atoms with E-state index in [4.69, 9.17) is 15.6 Å². The number of carboxylic acid groups (broad SMARTS) is 1. The third-order valence-corrected chi connectivity index (χ3v) is 2.87. The van der Waals surface area contributed by atoms with Crippen LogP contribution in [-0.4, -0.2) is 17.0 Å². The summed E-state index contributed by atoms with van der Waals surface area (Å²) in [5.41, 5.74) is 5.47. The number of aromatic carboxylic acids is 1. The number of rotatable bonds is 4. The lowest BCUT2D eigenvalue weighted by Gasteiger charge is -2.09. The van der Waals surface area contributed by atoms with Crippen molar-refractivity contribution in [2.45, 2.75) is 6.92 Å². The predicted molar refractivity (Wildman–Crippen MR) is 73.1 cm³/mol. The molecule has 0 atom stereocenters. The number of carboxylic acids is 1. The normalized spacial score (nSPS) is 10.2. The maximum Gasteiger partial charge on any atom is 0.335 e. The number of hydrogen-bond acceptors (Lipinski definition) is 3. The number of ether oxygens (including phenoxy) is 1. The van der Waals surface area contributed by atoms with E-state index in [1.165, 1.54) is 30.3 Å². The largest absolute Gasteiger partial charge is 0.478 e. The molecule has 0 unspecified atom stereocenters. The van der Waals surface area contributed by atoms with E-state index in [1.807, 2.05) is 0 Å². The maximum atomic E-state index is 13.6. The van der Waals surface area contributed by atoms with Crippen LogP contribution in [0.15, 0.2) is 36.4 Å². The molecule has 2 rings (SSSR count). The van der Waals surface area contributed by atoms with Crippen molar-refractivity contribution in [3.63, 3.8) is 0 Å². The van der Waals surface area contributed by atoms with Crippen LogP contribution in [0.2, 0.25) is 0 Å². The Morgan fingerprint density at radius 1 is 1.10 bits per heavy atom.